The van der Waals surface area contributed by atoms with Crippen LogP contribution in [0.15, 0.2) is 24.4 Å². The van der Waals surface area contributed by atoms with E-state index in [1.807, 2.05) is 19.1 Å². The zero-order valence-corrected chi connectivity index (χ0v) is 10.3. The molecule has 2 aromatic rings. The highest BCUT2D eigenvalue weighted by Crippen LogP contribution is 2.28. The summed E-state index contributed by atoms with van der Waals surface area (Å²) in [7, 11) is 0. The van der Waals surface area contributed by atoms with E-state index in [2.05, 4.69) is 26.8 Å². The number of fused-ring (bicyclic) bond motifs is 1. The van der Waals surface area contributed by atoms with Crippen LogP contribution < -0.4 is 0 Å². The summed E-state index contributed by atoms with van der Waals surface area (Å²) in [4.78, 5) is 8.61. The Morgan fingerprint density at radius 1 is 1.41 bits per heavy atom. The monoisotopic (exact) mass is 245 g/mol. The van der Waals surface area contributed by atoms with Crippen LogP contribution in [0, 0.1) is 6.92 Å². The molecule has 0 spiro atoms. The molecule has 0 fully saturated rings. The Bertz CT molecular complexity index is 599. The lowest BCUT2D eigenvalue weighted by molar-refractivity contribution is 0.838. The molecule has 0 atom stereocenters. The van der Waals surface area contributed by atoms with Gasteiger partial charge in [-0.15, -0.1) is 0 Å². The number of nitrogens with zero attached hydrogens (tertiary/aromatic N) is 3. The lowest BCUT2D eigenvalue weighted by Gasteiger charge is -2.10. The summed E-state index contributed by atoms with van der Waals surface area (Å²) in [5.74, 6) is 1.12. The molecule has 0 aliphatic carbocycles. The predicted octanol–water partition coefficient (Wildman–Crippen LogP) is 3.32. The molecule has 0 unspecified atom stereocenters. The van der Waals surface area contributed by atoms with Crippen LogP contribution in [-0.2, 0) is 6.42 Å². The summed E-state index contributed by atoms with van der Waals surface area (Å²) in [5, 5.41) is 0.511. The molecule has 0 N–H and O–H groups in total. The predicted molar refractivity (Wildman–Crippen MR) is 68.9 cm³/mol. The van der Waals surface area contributed by atoms with Gasteiger partial charge in [0.1, 0.15) is 11.0 Å². The molecule has 0 bridgehead atoms. The molecule has 0 saturated heterocycles. The van der Waals surface area contributed by atoms with E-state index in [0.717, 1.165) is 35.6 Å². The normalized spacial score (nSPS) is 13.8. The van der Waals surface area contributed by atoms with Crippen LogP contribution in [0.5, 0.6) is 0 Å². The number of imidazole rings is 1. The number of pyridine rings is 1. The average molecular weight is 246 g/mol. The van der Waals surface area contributed by atoms with Crippen molar-refractivity contribution in [2.45, 2.75) is 19.8 Å². The van der Waals surface area contributed by atoms with Crippen molar-refractivity contribution in [3.05, 3.63) is 41.1 Å². The molecule has 1 aliphatic heterocycles. The highest BCUT2D eigenvalue weighted by Gasteiger charge is 2.16. The van der Waals surface area contributed by atoms with E-state index in [4.69, 9.17) is 11.6 Å². The van der Waals surface area contributed by atoms with E-state index in [9.17, 15) is 0 Å². The van der Waals surface area contributed by atoms with E-state index in [1.54, 1.807) is 6.20 Å². The van der Waals surface area contributed by atoms with Gasteiger partial charge in [-0.1, -0.05) is 17.7 Å². The summed E-state index contributed by atoms with van der Waals surface area (Å²) in [6.07, 6.45) is 8.04. The molecule has 3 nitrogen and oxygen atoms in total. The van der Waals surface area contributed by atoms with Crippen molar-refractivity contribution >= 4 is 17.8 Å². The molecule has 2 aromatic heterocycles. The molecule has 1 aliphatic rings. The molecular weight excluding hydrogens is 234 g/mol. The summed E-state index contributed by atoms with van der Waals surface area (Å²) in [6.45, 7) is 2.03. The highest BCUT2D eigenvalue weighted by molar-refractivity contribution is 6.29. The van der Waals surface area contributed by atoms with E-state index in [0.29, 0.717) is 5.15 Å². The van der Waals surface area contributed by atoms with Gasteiger partial charge >= 0.3 is 0 Å². The molecular formula is C13H12ClN3. The maximum Gasteiger partial charge on any atom is 0.129 e. The first-order chi connectivity index (χ1) is 8.25. The fourth-order valence-corrected chi connectivity index (χ4v) is 2.40. The van der Waals surface area contributed by atoms with Crippen molar-refractivity contribution in [2.24, 2.45) is 0 Å². The van der Waals surface area contributed by atoms with Crippen LogP contribution in [0.1, 0.15) is 17.9 Å². The second-order valence-electron chi connectivity index (χ2n) is 4.12. The largest absolute Gasteiger partial charge is 0.303 e. The first-order valence-electron chi connectivity index (χ1n) is 5.62. The van der Waals surface area contributed by atoms with E-state index >= 15 is 0 Å². The number of aromatic nitrogens is 3. The van der Waals surface area contributed by atoms with Crippen molar-refractivity contribution < 1.29 is 0 Å². The lowest BCUT2D eigenvalue weighted by atomic mass is 10.1. The molecule has 0 aromatic carbocycles. The van der Waals surface area contributed by atoms with Gasteiger partial charge in [0.25, 0.3) is 0 Å². The maximum absolute atomic E-state index is 5.94. The van der Waals surface area contributed by atoms with Crippen LogP contribution in [0.2, 0.25) is 5.15 Å². The molecule has 0 saturated carbocycles. The summed E-state index contributed by atoms with van der Waals surface area (Å²) >= 11 is 5.94. The number of allylic oxidation sites excluding steroid dienone is 1. The second-order valence-corrected chi connectivity index (χ2v) is 4.51. The second kappa shape index (κ2) is 4.00. The topological polar surface area (TPSA) is 30.7 Å². The van der Waals surface area contributed by atoms with Crippen LogP contribution in [-0.4, -0.2) is 14.5 Å². The van der Waals surface area contributed by atoms with Gasteiger partial charge in [-0.25, -0.2) is 9.97 Å². The Labute approximate surface area is 105 Å². The van der Waals surface area contributed by atoms with Crippen molar-refractivity contribution in [1.82, 2.24) is 14.5 Å². The third kappa shape index (κ3) is 1.76. The van der Waals surface area contributed by atoms with Crippen LogP contribution in [0.4, 0.5) is 0 Å². The Morgan fingerprint density at radius 3 is 3.12 bits per heavy atom. The number of rotatable bonds is 1. The van der Waals surface area contributed by atoms with Gasteiger partial charge in [-0.3, -0.25) is 0 Å². The molecule has 3 heterocycles. The average Bonchev–Trinajstić information content (AvgIpc) is 2.64. The van der Waals surface area contributed by atoms with Gasteiger partial charge in [0, 0.05) is 24.4 Å². The number of hydrogen-bond acceptors (Lipinski definition) is 2. The van der Waals surface area contributed by atoms with Crippen LogP contribution in [0.3, 0.4) is 0 Å². The Kier molecular flexibility index (Phi) is 2.48. The Balaban J connectivity index is 2.22. The lowest BCUT2D eigenvalue weighted by Crippen LogP contribution is -2.02. The van der Waals surface area contributed by atoms with Gasteiger partial charge in [0.05, 0.1) is 11.4 Å². The van der Waals surface area contributed by atoms with Gasteiger partial charge in [-0.05, 0) is 25.5 Å². The first kappa shape index (κ1) is 10.5. The fourth-order valence-electron chi connectivity index (χ4n) is 2.23. The molecule has 17 heavy (non-hydrogen) atoms. The van der Waals surface area contributed by atoms with E-state index in [1.165, 1.54) is 0 Å². The standard InChI is InChI=1S/C13H12ClN3/c1-9-13(10-5-6-15-11(14)8-10)17-7-3-2-4-12(17)16-9/h3,5-8H,2,4H2,1H3. The molecule has 86 valence electrons. The zero-order chi connectivity index (χ0) is 11.8. The third-order valence-electron chi connectivity index (χ3n) is 2.95. The third-order valence-corrected chi connectivity index (χ3v) is 3.15. The van der Waals surface area contributed by atoms with E-state index < -0.39 is 0 Å². The van der Waals surface area contributed by atoms with Gasteiger partial charge in [-0.2, -0.15) is 0 Å². The van der Waals surface area contributed by atoms with Gasteiger partial charge < -0.3 is 4.57 Å². The number of aryl methyl sites for hydroxylation is 2. The van der Waals surface area contributed by atoms with Crippen molar-refractivity contribution in [3.63, 3.8) is 0 Å². The molecule has 0 amide bonds. The van der Waals surface area contributed by atoms with Crippen molar-refractivity contribution in [3.8, 4) is 11.3 Å². The fraction of sp³-hybridized carbons (Fsp3) is 0.231. The maximum atomic E-state index is 5.94. The molecule has 3 rings (SSSR count). The molecule has 0 radical (unpaired) electrons. The van der Waals surface area contributed by atoms with Crippen LogP contribution in [0.25, 0.3) is 17.5 Å². The van der Waals surface area contributed by atoms with Crippen molar-refractivity contribution in [1.29, 1.82) is 0 Å². The smallest absolute Gasteiger partial charge is 0.129 e. The minimum Gasteiger partial charge on any atom is -0.303 e. The summed E-state index contributed by atoms with van der Waals surface area (Å²) in [6, 6.07) is 3.84. The quantitative estimate of drug-likeness (QED) is 0.722. The minimum absolute atomic E-state index is 0.511. The van der Waals surface area contributed by atoms with Crippen molar-refractivity contribution in [2.75, 3.05) is 0 Å². The van der Waals surface area contributed by atoms with Gasteiger partial charge in [0.2, 0.25) is 0 Å². The minimum atomic E-state index is 0.511. The summed E-state index contributed by atoms with van der Waals surface area (Å²) < 4.78 is 2.14. The number of hydrogen-bond donors (Lipinski definition) is 0. The first-order valence-corrected chi connectivity index (χ1v) is 6.00. The molecule has 4 heteroatoms. The van der Waals surface area contributed by atoms with Gasteiger partial charge in [0.15, 0.2) is 0 Å². The summed E-state index contributed by atoms with van der Waals surface area (Å²) in [5.41, 5.74) is 3.21. The zero-order valence-electron chi connectivity index (χ0n) is 9.52. The highest BCUT2D eigenvalue weighted by atomic mass is 35.5. The Hall–Kier alpha value is -1.61. The van der Waals surface area contributed by atoms with E-state index in [-0.39, 0.29) is 0 Å². The Morgan fingerprint density at radius 2 is 2.29 bits per heavy atom. The SMILES string of the molecule is Cc1nc2n(c1-c1ccnc(Cl)c1)C=CCC2. The number of halogens is 1. The van der Waals surface area contributed by atoms with Crippen LogP contribution >= 0.6 is 11.6 Å².